The zero-order valence-corrected chi connectivity index (χ0v) is 15.4. The van der Waals surface area contributed by atoms with Gasteiger partial charge in [-0.15, -0.1) is 23.7 Å². The Morgan fingerprint density at radius 3 is 2.65 bits per heavy atom. The predicted octanol–water partition coefficient (Wildman–Crippen LogP) is 6.37. The smallest absolute Gasteiger partial charge is 0.133 e. The molecule has 0 fully saturated rings. The molecule has 0 radical (unpaired) electrons. The predicted molar refractivity (Wildman–Crippen MR) is 107 cm³/mol. The molecule has 1 heterocycles. The number of amidine groups is 1. The van der Waals surface area contributed by atoms with Crippen LogP contribution < -0.4 is 5.73 Å². The van der Waals surface area contributed by atoms with Gasteiger partial charge in [-0.25, -0.2) is 0 Å². The fraction of sp³-hybridized carbons (Fsp3) is 0.421. The highest BCUT2D eigenvalue weighted by molar-refractivity contribution is 7.20. The Labute approximate surface area is 149 Å². The molecule has 0 saturated carbocycles. The Morgan fingerprint density at radius 1 is 1.17 bits per heavy atom. The molecule has 0 atom stereocenters. The summed E-state index contributed by atoms with van der Waals surface area (Å²) in [7, 11) is 0. The van der Waals surface area contributed by atoms with Crippen LogP contribution >= 0.6 is 23.7 Å². The molecule has 3 N–H and O–H groups in total. The van der Waals surface area contributed by atoms with Crippen LogP contribution in [0.5, 0.6) is 0 Å². The molecule has 4 heteroatoms. The minimum Gasteiger partial charge on any atom is -0.383 e. The Hall–Kier alpha value is -1.32. The number of nitrogens with one attached hydrogen (secondary N) is 1. The first-order valence-electron chi connectivity index (χ1n) is 8.26. The third-order valence-corrected chi connectivity index (χ3v) is 5.02. The molecule has 1 aromatic heterocycles. The molecule has 0 bridgehead atoms. The fourth-order valence-corrected chi connectivity index (χ4v) is 3.57. The molecule has 0 saturated heterocycles. The van der Waals surface area contributed by atoms with Crippen LogP contribution in [0.15, 0.2) is 30.3 Å². The average Bonchev–Trinajstić information content (AvgIpc) is 2.95. The van der Waals surface area contributed by atoms with Crippen LogP contribution in [0.1, 0.15) is 62.3 Å². The molecule has 0 spiro atoms. The van der Waals surface area contributed by atoms with E-state index in [1.807, 2.05) is 6.07 Å². The Balaban J connectivity index is 0.00000264. The molecular weight excluding hydrogens is 324 g/mol. The standard InChI is InChI=1S/C19H26N2S.ClH/c1-2-3-4-5-6-7-8-9-11-15-12-10-13-17-16(15)14-18(22-17)19(20)21;/h9-14H,2-8H2,1H3,(H3,20,21);1H/b11-9+;. The molecule has 0 aliphatic rings. The van der Waals surface area contributed by atoms with E-state index in [-0.39, 0.29) is 18.2 Å². The van der Waals surface area contributed by atoms with Crippen molar-refractivity contribution < 1.29 is 0 Å². The third-order valence-electron chi connectivity index (χ3n) is 3.88. The molecule has 0 aliphatic carbocycles. The number of allylic oxidation sites excluding steroid dienone is 1. The van der Waals surface area contributed by atoms with Crippen molar-refractivity contribution in [1.29, 1.82) is 5.41 Å². The highest BCUT2D eigenvalue weighted by Gasteiger charge is 2.06. The number of nitrogens with two attached hydrogens (primary N) is 1. The Bertz CT molecular complexity index is 646. The first-order chi connectivity index (χ1) is 10.7. The molecule has 2 rings (SSSR count). The summed E-state index contributed by atoms with van der Waals surface area (Å²) < 4.78 is 1.20. The van der Waals surface area contributed by atoms with Crippen molar-refractivity contribution in [2.75, 3.05) is 0 Å². The van der Waals surface area contributed by atoms with E-state index in [9.17, 15) is 0 Å². The minimum absolute atomic E-state index is 0. The number of benzene rings is 1. The molecule has 0 amide bonds. The fourth-order valence-electron chi connectivity index (χ4n) is 2.61. The van der Waals surface area contributed by atoms with E-state index in [1.54, 1.807) is 11.3 Å². The van der Waals surface area contributed by atoms with Gasteiger partial charge < -0.3 is 5.73 Å². The van der Waals surface area contributed by atoms with Crippen molar-refractivity contribution in [3.8, 4) is 0 Å². The van der Waals surface area contributed by atoms with Gasteiger partial charge in [0, 0.05) is 10.1 Å². The van der Waals surface area contributed by atoms with Gasteiger partial charge in [0.2, 0.25) is 0 Å². The van der Waals surface area contributed by atoms with E-state index in [4.69, 9.17) is 11.1 Å². The average molecular weight is 351 g/mol. The Morgan fingerprint density at radius 2 is 1.91 bits per heavy atom. The number of fused-ring (bicyclic) bond motifs is 1. The van der Waals surface area contributed by atoms with Crippen LogP contribution in [0.3, 0.4) is 0 Å². The van der Waals surface area contributed by atoms with Crippen LogP contribution in [-0.4, -0.2) is 5.84 Å². The summed E-state index contributed by atoms with van der Waals surface area (Å²) in [6.45, 7) is 2.26. The van der Waals surface area contributed by atoms with E-state index in [0.29, 0.717) is 0 Å². The first-order valence-corrected chi connectivity index (χ1v) is 9.07. The first kappa shape index (κ1) is 19.7. The highest BCUT2D eigenvalue weighted by Crippen LogP contribution is 2.29. The number of nitrogen functional groups attached to an aromatic ring is 1. The zero-order chi connectivity index (χ0) is 15.8. The van der Waals surface area contributed by atoms with Gasteiger partial charge in [-0.2, -0.15) is 0 Å². The lowest BCUT2D eigenvalue weighted by atomic mass is 10.1. The SMILES string of the molecule is CCCCCCCC/C=C/c1cccc2sc(C(=N)N)cc12.Cl. The molecular formula is C19H27ClN2S. The maximum absolute atomic E-state index is 7.57. The second-order valence-corrected chi connectivity index (χ2v) is 6.83. The van der Waals surface area contributed by atoms with Crippen LogP contribution in [0, 0.1) is 5.41 Å². The van der Waals surface area contributed by atoms with E-state index >= 15 is 0 Å². The van der Waals surface area contributed by atoms with Gasteiger partial charge in [0.15, 0.2) is 0 Å². The van der Waals surface area contributed by atoms with E-state index in [0.717, 1.165) is 11.3 Å². The topological polar surface area (TPSA) is 49.9 Å². The summed E-state index contributed by atoms with van der Waals surface area (Å²) in [4.78, 5) is 0.853. The molecule has 0 aliphatic heterocycles. The van der Waals surface area contributed by atoms with Crippen molar-refractivity contribution in [2.45, 2.75) is 51.9 Å². The van der Waals surface area contributed by atoms with Crippen molar-refractivity contribution in [3.05, 3.63) is 40.8 Å². The number of halogens is 1. The monoisotopic (exact) mass is 350 g/mol. The lowest BCUT2D eigenvalue weighted by Crippen LogP contribution is -2.08. The summed E-state index contributed by atoms with van der Waals surface area (Å²) in [5, 5.41) is 8.78. The number of rotatable bonds is 9. The van der Waals surface area contributed by atoms with Gasteiger partial charge in [-0.1, -0.05) is 63.3 Å². The maximum Gasteiger partial charge on any atom is 0.133 e. The normalized spacial score (nSPS) is 11.0. The summed E-state index contributed by atoms with van der Waals surface area (Å²) in [5.41, 5.74) is 6.82. The van der Waals surface area contributed by atoms with E-state index < -0.39 is 0 Å². The van der Waals surface area contributed by atoms with Gasteiger partial charge in [0.1, 0.15) is 5.84 Å². The van der Waals surface area contributed by atoms with Crippen LogP contribution in [0.25, 0.3) is 16.2 Å². The zero-order valence-electron chi connectivity index (χ0n) is 13.8. The van der Waals surface area contributed by atoms with Crippen molar-refractivity contribution >= 4 is 45.7 Å². The van der Waals surface area contributed by atoms with Crippen molar-refractivity contribution in [1.82, 2.24) is 0 Å². The number of unbranched alkanes of at least 4 members (excludes halogenated alkanes) is 6. The molecule has 1 aromatic carbocycles. The summed E-state index contributed by atoms with van der Waals surface area (Å²) in [5.74, 6) is 0.156. The molecule has 0 unspecified atom stereocenters. The summed E-state index contributed by atoms with van der Waals surface area (Å²) in [6.07, 6.45) is 13.7. The van der Waals surface area contributed by atoms with Gasteiger partial charge in [0.05, 0.1) is 4.88 Å². The molecule has 2 aromatic rings. The lowest BCUT2D eigenvalue weighted by molar-refractivity contribution is 0.611. The van der Waals surface area contributed by atoms with E-state index in [2.05, 4.69) is 37.3 Å². The largest absolute Gasteiger partial charge is 0.383 e. The lowest BCUT2D eigenvalue weighted by Gasteiger charge is -1.99. The number of thiophene rings is 1. The van der Waals surface area contributed by atoms with Crippen LogP contribution in [-0.2, 0) is 0 Å². The third kappa shape index (κ3) is 6.00. The highest BCUT2D eigenvalue weighted by atomic mass is 35.5. The van der Waals surface area contributed by atoms with Gasteiger partial charge >= 0.3 is 0 Å². The maximum atomic E-state index is 7.57. The van der Waals surface area contributed by atoms with Gasteiger partial charge in [-0.3, -0.25) is 5.41 Å². The number of hydrogen-bond acceptors (Lipinski definition) is 2. The van der Waals surface area contributed by atoms with Crippen LogP contribution in [0.4, 0.5) is 0 Å². The molecule has 23 heavy (non-hydrogen) atoms. The van der Waals surface area contributed by atoms with Crippen molar-refractivity contribution in [2.24, 2.45) is 5.73 Å². The second-order valence-electron chi connectivity index (χ2n) is 5.74. The summed E-state index contributed by atoms with van der Waals surface area (Å²) in [6, 6.07) is 8.34. The second kappa shape index (κ2) is 10.5. The molecule has 126 valence electrons. The van der Waals surface area contributed by atoms with Gasteiger partial charge in [0.25, 0.3) is 0 Å². The Kier molecular flexibility index (Phi) is 8.97. The van der Waals surface area contributed by atoms with Crippen molar-refractivity contribution in [3.63, 3.8) is 0 Å². The molecule has 2 nitrogen and oxygen atoms in total. The van der Waals surface area contributed by atoms with E-state index in [1.165, 1.54) is 54.2 Å². The van der Waals surface area contributed by atoms with Crippen LogP contribution in [0.2, 0.25) is 0 Å². The minimum atomic E-state index is 0. The summed E-state index contributed by atoms with van der Waals surface area (Å²) >= 11 is 1.59. The van der Waals surface area contributed by atoms with Gasteiger partial charge in [-0.05, 0) is 30.5 Å². The number of hydrogen-bond donors (Lipinski definition) is 2. The quantitative estimate of drug-likeness (QED) is 0.308.